The summed E-state index contributed by atoms with van der Waals surface area (Å²) in [5.74, 6) is 0.528. The van der Waals surface area contributed by atoms with E-state index in [9.17, 15) is 5.11 Å². The second-order valence-corrected chi connectivity index (χ2v) is 7.09. The molecular weight excluding hydrogens is 276 g/mol. The van der Waals surface area contributed by atoms with Crippen molar-refractivity contribution in [3.8, 4) is 0 Å². The van der Waals surface area contributed by atoms with E-state index in [1.165, 1.54) is 0 Å². The summed E-state index contributed by atoms with van der Waals surface area (Å²) in [6, 6.07) is 9.74. The van der Waals surface area contributed by atoms with Crippen LogP contribution in [-0.2, 0) is 11.2 Å². The first-order chi connectivity index (χ1) is 10.3. The molecule has 1 aromatic rings. The van der Waals surface area contributed by atoms with Crippen molar-refractivity contribution in [2.75, 3.05) is 19.8 Å². The molecule has 0 aromatic heterocycles. The fourth-order valence-corrected chi connectivity index (χ4v) is 2.16. The second kappa shape index (κ2) is 9.26. The lowest BCUT2D eigenvalue weighted by Crippen LogP contribution is -2.51. The van der Waals surface area contributed by atoms with E-state index in [2.05, 4.69) is 33.0 Å². The second-order valence-electron chi connectivity index (χ2n) is 7.09. The van der Waals surface area contributed by atoms with Gasteiger partial charge in [-0.15, -0.1) is 0 Å². The molecule has 0 aliphatic rings. The topological polar surface area (TPSA) is 67.5 Å². The standard InChI is InChI=1S/C18H32N2O2/c1-14(2)12-22-13-18(3,4)20-11-17(21)16(19)10-15-8-6-5-7-9-15/h5-9,14,16-17,20-21H,10-13,19H2,1-4H3/t16-,17+/m0/s1. The van der Waals surface area contributed by atoms with Gasteiger partial charge in [0.1, 0.15) is 0 Å². The fraction of sp³-hybridized carbons (Fsp3) is 0.667. The third-order valence-electron chi connectivity index (χ3n) is 3.51. The molecule has 4 nitrogen and oxygen atoms in total. The minimum Gasteiger partial charge on any atom is -0.390 e. The highest BCUT2D eigenvalue weighted by Gasteiger charge is 2.22. The van der Waals surface area contributed by atoms with Crippen LogP contribution in [-0.4, -0.2) is 42.5 Å². The third-order valence-corrected chi connectivity index (χ3v) is 3.51. The Morgan fingerprint density at radius 2 is 1.86 bits per heavy atom. The summed E-state index contributed by atoms with van der Waals surface area (Å²) in [6.45, 7) is 10.2. The van der Waals surface area contributed by atoms with Crippen LogP contribution in [0.3, 0.4) is 0 Å². The number of nitrogens with one attached hydrogen (secondary N) is 1. The zero-order valence-electron chi connectivity index (χ0n) is 14.4. The van der Waals surface area contributed by atoms with Gasteiger partial charge < -0.3 is 20.9 Å². The molecule has 0 aliphatic heterocycles. The predicted octanol–water partition coefficient (Wildman–Crippen LogP) is 1.96. The number of benzene rings is 1. The Labute approximate surface area is 135 Å². The van der Waals surface area contributed by atoms with Crippen molar-refractivity contribution >= 4 is 0 Å². The first kappa shape index (κ1) is 19.1. The molecule has 2 atom stereocenters. The molecule has 126 valence electrons. The van der Waals surface area contributed by atoms with Crippen LogP contribution in [0.5, 0.6) is 0 Å². The van der Waals surface area contributed by atoms with Gasteiger partial charge in [0.05, 0.1) is 12.7 Å². The van der Waals surface area contributed by atoms with E-state index < -0.39 is 6.10 Å². The van der Waals surface area contributed by atoms with Gasteiger partial charge in [-0.3, -0.25) is 0 Å². The van der Waals surface area contributed by atoms with Gasteiger partial charge >= 0.3 is 0 Å². The van der Waals surface area contributed by atoms with Crippen LogP contribution in [0.2, 0.25) is 0 Å². The van der Waals surface area contributed by atoms with Crippen molar-refractivity contribution in [3.05, 3.63) is 35.9 Å². The number of rotatable bonds is 10. The number of hydrogen-bond donors (Lipinski definition) is 3. The van der Waals surface area contributed by atoms with Crippen LogP contribution >= 0.6 is 0 Å². The van der Waals surface area contributed by atoms with Crippen LogP contribution in [0, 0.1) is 5.92 Å². The molecule has 1 aromatic carbocycles. The van der Waals surface area contributed by atoms with Crippen LogP contribution in [0.1, 0.15) is 33.3 Å². The lowest BCUT2D eigenvalue weighted by Gasteiger charge is -2.29. The molecule has 0 fully saturated rings. The van der Waals surface area contributed by atoms with E-state index in [1.54, 1.807) is 0 Å². The van der Waals surface area contributed by atoms with E-state index in [0.29, 0.717) is 25.5 Å². The maximum Gasteiger partial charge on any atom is 0.0818 e. The highest BCUT2D eigenvalue weighted by atomic mass is 16.5. The first-order valence-corrected chi connectivity index (χ1v) is 8.10. The normalized spacial score (nSPS) is 15.0. The highest BCUT2D eigenvalue weighted by Crippen LogP contribution is 2.07. The van der Waals surface area contributed by atoms with Crippen molar-refractivity contribution in [2.45, 2.75) is 51.8 Å². The Kier molecular flexibility index (Phi) is 8.04. The van der Waals surface area contributed by atoms with Gasteiger partial charge in [0.15, 0.2) is 0 Å². The lowest BCUT2D eigenvalue weighted by molar-refractivity contribution is 0.0555. The van der Waals surface area contributed by atoms with Gasteiger partial charge in [-0.1, -0.05) is 44.2 Å². The van der Waals surface area contributed by atoms with Gasteiger partial charge in [-0.05, 0) is 31.7 Å². The summed E-state index contributed by atoms with van der Waals surface area (Å²) in [7, 11) is 0. The summed E-state index contributed by atoms with van der Waals surface area (Å²) < 4.78 is 5.67. The largest absolute Gasteiger partial charge is 0.390 e. The van der Waals surface area contributed by atoms with E-state index in [0.717, 1.165) is 12.2 Å². The Hall–Kier alpha value is -0.940. The molecule has 1 rings (SSSR count). The van der Waals surface area contributed by atoms with Crippen LogP contribution in [0.15, 0.2) is 30.3 Å². The fourth-order valence-electron chi connectivity index (χ4n) is 2.16. The summed E-state index contributed by atoms with van der Waals surface area (Å²) in [4.78, 5) is 0. The van der Waals surface area contributed by atoms with Gasteiger partial charge in [0.25, 0.3) is 0 Å². The number of aliphatic hydroxyl groups excluding tert-OH is 1. The van der Waals surface area contributed by atoms with Gasteiger partial charge in [-0.25, -0.2) is 0 Å². The molecule has 0 unspecified atom stereocenters. The Morgan fingerprint density at radius 3 is 2.45 bits per heavy atom. The van der Waals surface area contributed by atoms with Gasteiger partial charge in [0, 0.05) is 24.7 Å². The van der Waals surface area contributed by atoms with Gasteiger partial charge in [-0.2, -0.15) is 0 Å². The summed E-state index contributed by atoms with van der Waals surface area (Å²) in [5.41, 5.74) is 7.07. The number of ether oxygens (including phenoxy) is 1. The van der Waals surface area contributed by atoms with E-state index >= 15 is 0 Å². The van der Waals surface area contributed by atoms with E-state index in [-0.39, 0.29) is 11.6 Å². The Balaban J connectivity index is 2.32. The maximum absolute atomic E-state index is 10.2. The summed E-state index contributed by atoms with van der Waals surface area (Å²) >= 11 is 0. The molecule has 0 spiro atoms. The molecule has 0 amide bonds. The molecule has 0 radical (unpaired) electrons. The maximum atomic E-state index is 10.2. The number of β-amino-alcohol motifs (C(OH)–C–C–N with tert-alkyl or cyclic N) is 1. The zero-order valence-corrected chi connectivity index (χ0v) is 14.4. The molecule has 0 heterocycles. The molecule has 0 bridgehead atoms. The average Bonchev–Trinajstić information content (AvgIpc) is 2.45. The minimum absolute atomic E-state index is 0.178. The number of aliphatic hydroxyl groups is 1. The zero-order chi connectivity index (χ0) is 16.6. The molecule has 0 saturated carbocycles. The van der Waals surface area contributed by atoms with Crippen molar-refractivity contribution in [1.82, 2.24) is 5.32 Å². The summed E-state index contributed by atoms with van der Waals surface area (Å²) in [5, 5.41) is 13.6. The van der Waals surface area contributed by atoms with Crippen molar-refractivity contribution in [1.29, 1.82) is 0 Å². The van der Waals surface area contributed by atoms with Crippen molar-refractivity contribution < 1.29 is 9.84 Å². The van der Waals surface area contributed by atoms with Crippen LogP contribution in [0.4, 0.5) is 0 Å². The summed E-state index contributed by atoms with van der Waals surface area (Å²) in [6.07, 6.45) is 0.0955. The molecule has 0 saturated heterocycles. The Morgan fingerprint density at radius 1 is 1.23 bits per heavy atom. The molecular formula is C18H32N2O2. The van der Waals surface area contributed by atoms with Crippen LogP contribution < -0.4 is 11.1 Å². The molecule has 0 aliphatic carbocycles. The first-order valence-electron chi connectivity index (χ1n) is 8.10. The molecule has 4 N–H and O–H groups in total. The Bertz CT molecular complexity index is 407. The monoisotopic (exact) mass is 308 g/mol. The predicted molar refractivity (Wildman–Crippen MR) is 91.9 cm³/mol. The van der Waals surface area contributed by atoms with Crippen LogP contribution in [0.25, 0.3) is 0 Å². The number of hydrogen-bond acceptors (Lipinski definition) is 4. The molecule has 22 heavy (non-hydrogen) atoms. The van der Waals surface area contributed by atoms with E-state index in [4.69, 9.17) is 10.5 Å². The smallest absolute Gasteiger partial charge is 0.0818 e. The number of nitrogens with two attached hydrogens (primary N) is 1. The minimum atomic E-state index is -0.579. The highest BCUT2D eigenvalue weighted by molar-refractivity contribution is 5.16. The SMILES string of the molecule is CC(C)COCC(C)(C)NC[C@@H](O)[C@@H](N)Cc1ccccc1. The average molecular weight is 308 g/mol. The molecule has 4 heteroatoms. The van der Waals surface area contributed by atoms with E-state index in [1.807, 2.05) is 30.3 Å². The van der Waals surface area contributed by atoms with Crippen molar-refractivity contribution in [3.63, 3.8) is 0 Å². The third kappa shape index (κ3) is 7.90. The lowest BCUT2D eigenvalue weighted by atomic mass is 10.0. The quantitative estimate of drug-likeness (QED) is 0.618. The van der Waals surface area contributed by atoms with Crippen molar-refractivity contribution in [2.24, 2.45) is 11.7 Å². The van der Waals surface area contributed by atoms with Gasteiger partial charge in [0.2, 0.25) is 0 Å².